The third-order valence-electron chi connectivity index (χ3n) is 4.18. The third-order valence-corrected chi connectivity index (χ3v) is 4.18. The maximum absolute atomic E-state index is 12.8. The van der Waals surface area contributed by atoms with Crippen LogP contribution in [-0.2, 0) is 4.79 Å². The number of carbonyl (C=O) groups is 2. The molecule has 5 nitrogen and oxygen atoms in total. The Hall–Kier alpha value is -3.60. The molecule has 0 heterocycles. The molecule has 0 saturated carbocycles. The van der Waals surface area contributed by atoms with Gasteiger partial charge >= 0.3 is 0 Å². The van der Waals surface area contributed by atoms with E-state index in [0.717, 1.165) is 5.56 Å². The Kier molecular flexibility index (Phi) is 6.07. The summed E-state index contributed by atoms with van der Waals surface area (Å²) in [6.45, 7) is 0. The summed E-state index contributed by atoms with van der Waals surface area (Å²) in [5.74, 6) is -0.157. The summed E-state index contributed by atoms with van der Waals surface area (Å²) in [6.07, 6.45) is -0.845. The predicted octanol–water partition coefficient (Wildman–Crippen LogP) is 4.15. The van der Waals surface area contributed by atoms with Gasteiger partial charge in [-0.15, -0.1) is 0 Å². The maximum atomic E-state index is 12.8. The standard InChI is InChI=1S/C23H22N2O3/c1-25(2)23(27)21(17-11-5-3-6-12-17)28-20-16-10-9-15-19(20)22(26)24-18-13-7-4-8-14-18/h3-16,21H,1-2H3,(H,24,26). The Bertz CT molecular complexity index is 940. The molecule has 0 aromatic heterocycles. The van der Waals surface area contributed by atoms with Crippen molar-refractivity contribution in [3.05, 3.63) is 96.1 Å². The second-order valence-electron chi connectivity index (χ2n) is 6.46. The van der Waals surface area contributed by atoms with Crippen molar-refractivity contribution in [2.45, 2.75) is 6.10 Å². The van der Waals surface area contributed by atoms with E-state index in [-0.39, 0.29) is 11.8 Å². The summed E-state index contributed by atoms with van der Waals surface area (Å²) < 4.78 is 6.06. The number of hydrogen-bond acceptors (Lipinski definition) is 3. The molecule has 142 valence electrons. The summed E-state index contributed by atoms with van der Waals surface area (Å²) in [7, 11) is 3.35. The second-order valence-corrected chi connectivity index (χ2v) is 6.46. The van der Waals surface area contributed by atoms with E-state index in [2.05, 4.69) is 5.32 Å². The van der Waals surface area contributed by atoms with Crippen LogP contribution in [0.15, 0.2) is 84.9 Å². The smallest absolute Gasteiger partial charge is 0.267 e. The molecular formula is C23H22N2O3. The molecule has 2 amide bonds. The van der Waals surface area contributed by atoms with E-state index in [0.29, 0.717) is 17.0 Å². The fourth-order valence-corrected chi connectivity index (χ4v) is 2.73. The molecule has 1 N–H and O–H groups in total. The molecule has 3 aromatic carbocycles. The van der Waals surface area contributed by atoms with Crippen molar-refractivity contribution in [3.63, 3.8) is 0 Å². The van der Waals surface area contributed by atoms with E-state index in [1.54, 1.807) is 38.4 Å². The van der Waals surface area contributed by atoms with Gasteiger partial charge in [0, 0.05) is 25.3 Å². The highest BCUT2D eigenvalue weighted by molar-refractivity contribution is 6.06. The van der Waals surface area contributed by atoms with Crippen LogP contribution in [-0.4, -0.2) is 30.8 Å². The number of anilines is 1. The van der Waals surface area contributed by atoms with Gasteiger partial charge in [-0.05, 0) is 24.3 Å². The van der Waals surface area contributed by atoms with Gasteiger partial charge in [0.05, 0.1) is 5.56 Å². The van der Waals surface area contributed by atoms with Crippen molar-refractivity contribution in [1.82, 2.24) is 4.90 Å². The Morgan fingerprint density at radius 3 is 2.04 bits per heavy atom. The molecule has 3 aromatic rings. The number of benzene rings is 3. The highest BCUT2D eigenvalue weighted by Crippen LogP contribution is 2.27. The van der Waals surface area contributed by atoms with Gasteiger partial charge in [0.15, 0.2) is 0 Å². The Balaban J connectivity index is 1.90. The average molecular weight is 374 g/mol. The minimum absolute atomic E-state index is 0.204. The first-order chi connectivity index (χ1) is 13.6. The van der Waals surface area contributed by atoms with Crippen LogP contribution < -0.4 is 10.1 Å². The van der Waals surface area contributed by atoms with E-state index in [1.807, 2.05) is 60.7 Å². The molecule has 28 heavy (non-hydrogen) atoms. The molecule has 0 radical (unpaired) electrons. The number of para-hydroxylation sites is 2. The zero-order valence-corrected chi connectivity index (χ0v) is 15.8. The first-order valence-corrected chi connectivity index (χ1v) is 8.94. The van der Waals surface area contributed by atoms with E-state index in [4.69, 9.17) is 4.74 Å². The lowest BCUT2D eigenvalue weighted by Gasteiger charge is -2.23. The lowest BCUT2D eigenvalue weighted by molar-refractivity contribution is -0.136. The van der Waals surface area contributed by atoms with Gasteiger partial charge in [-0.25, -0.2) is 0 Å². The largest absolute Gasteiger partial charge is 0.475 e. The second kappa shape index (κ2) is 8.86. The van der Waals surface area contributed by atoms with Gasteiger partial charge < -0.3 is 15.0 Å². The number of carbonyl (C=O) groups excluding carboxylic acids is 2. The van der Waals surface area contributed by atoms with Crippen LogP contribution in [0.4, 0.5) is 5.69 Å². The summed E-state index contributed by atoms with van der Waals surface area (Å²) in [4.78, 5) is 27.0. The number of nitrogens with zero attached hydrogens (tertiary/aromatic N) is 1. The Labute approximate surface area is 164 Å². The van der Waals surface area contributed by atoms with Crippen LogP contribution >= 0.6 is 0 Å². The fourth-order valence-electron chi connectivity index (χ4n) is 2.73. The van der Waals surface area contributed by atoms with Crippen LogP contribution in [0, 0.1) is 0 Å². The van der Waals surface area contributed by atoms with Crippen molar-refractivity contribution >= 4 is 17.5 Å². The molecule has 0 saturated heterocycles. The van der Waals surface area contributed by atoms with Crippen molar-refractivity contribution in [2.24, 2.45) is 0 Å². The molecule has 0 aliphatic heterocycles. The van der Waals surface area contributed by atoms with Gasteiger partial charge in [0.2, 0.25) is 6.10 Å². The molecule has 0 spiro atoms. The fraction of sp³-hybridized carbons (Fsp3) is 0.130. The van der Waals surface area contributed by atoms with Crippen molar-refractivity contribution in [2.75, 3.05) is 19.4 Å². The van der Waals surface area contributed by atoms with Crippen LogP contribution in [0.2, 0.25) is 0 Å². The lowest BCUT2D eigenvalue weighted by atomic mass is 10.1. The quantitative estimate of drug-likeness (QED) is 0.705. The third kappa shape index (κ3) is 4.57. The molecule has 1 atom stereocenters. The van der Waals surface area contributed by atoms with Crippen LogP contribution in [0.25, 0.3) is 0 Å². The summed E-state index contributed by atoms with van der Waals surface area (Å²) in [6, 6.07) is 25.3. The van der Waals surface area contributed by atoms with Gasteiger partial charge in [-0.3, -0.25) is 9.59 Å². The molecular weight excluding hydrogens is 352 g/mol. The predicted molar refractivity (Wildman–Crippen MR) is 109 cm³/mol. The summed E-state index contributed by atoms with van der Waals surface area (Å²) >= 11 is 0. The van der Waals surface area contributed by atoms with E-state index in [1.165, 1.54) is 4.90 Å². The lowest BCUT2D eigenvalue weighted by Crippen LogP contribution is -2.31. The number of amides is 2. The van der Waals surface area contributed by atoms with Gasteiger partial charge in [0.1, 0.15) is 5.75 Å². The average Bonchev–Trinajstić information content (AvgIpc) is 2.73. The number of rotatable bonds is 6. The number of likely N-dealkylation sites (N-methyl/N-ethyl adjacent to an activating group) is 1. The van der Waals surface area contributed by atoms with Crippen LogP contribution in [0.5, 0.6) is 5.75 Å². The normalized spacial score (nSPS) is 11.4. The highest BCUT2D eigenvalue weighted by atomic mass is 16.5. The molecule has 0 bridgehead atoms. The topological polar surface area (TPSA) is 58.6 Å². The Morgan fingerprint density at radius 1 is 0.821 bits per heavy atom. The maximum Gasteiger partial charge on any atom is 0.267 e. The molecule has 5 heteroatoms. The summed E-state index contributed by atoms with van der Waals surface area (Å²) in [5, 5.41) is 2.85. The minimum Gasteiger partial charge on any atom is -0.475 e. The summed E-state index contributed by atoms with van der Waals surface area (Å²) in [5.41, 5.74) is 1.77. The molecule has 0 aliphatic carbocycles. The van der Waals surface area contributed by atoms with E-state index in [9.17, 15) is 9.59 Å². The SMILES string of the molecule is CN(C)C(=O)C(Oc1ccccc1C(=O)Nc1ccccc1)c1ccccc1. The Morgan fingerprint density at radius 2 is 1.39 bits per heavy atom. The molecule has 0 fully saturated rings. The molecule has 0 aliphatic rings. The van der Waals surface area contributed by atoms with Crippen molar-refractivity contribution in [3.8, 4) is 5.75 Å². The molecule has 3 rings (SSSR count). The highest BCUT2D eigenvalue weighted by Gasteiger charge is 2.26. The molecule has 1 unspecified atom stereocenters. The number of ether oxygens (including phenoxy) is 1. The monoisotopic (exact) mass is 374 g/mol. The van der Waals surface area contributed by atoms with Gasteiger partial charge in [0.25, 0.3) is 11.8 Å². The minimum atomic E-state index is -0.845. The van der Waals surface area contributed by atoms with E-state index < -0.39 is 6.10 Å². The van der Waals surface area contributed by atoms with Gasteiger partial charge in [-0.1, -0.05) is 60.7 Å². The zero-order valence-electron chi connectivity index (χ0n) is 15.8. The van der Waals surface area contributed by atoms with Crippen molar-refractivity contribution < 1.29 is 14.3 Å². The van der Waals surface area contributed by atoms with Gasteiger partial charge in [-0.2, -0.15) is 0 Å². The first kappa shape index (κ1) is 19.2. The van der Waals surface area contributed by atoms with Crippen LogP contribution in [0.3, 0.4) is 0 Å². The number of hydrogen-bond donors (Lipinski definition) is 1. The van der Waals surface area contributed by atoms with Crippen LogP contribution in [0.1, 0.15) is 22.0 Å². The van der Waals surface area contributed by atoms with E-state index >= 15 is 0 Å². The zero-order chi connectivity index (χ0) is 19.9. The number of nitrogens with one attached hydrogen (secondary N) is 1. The first-order valence-electron chi connectivity index (χ1n) is 8.94. The van der Waals surface area contributed by atoms with Crippen molar-refractivity contribution in [1.29, 1.82) is 0 Å².